The number of hydrogen-bond donors (Lipinski definition) is 0. The fourth-order valence-corrected chi connectivity index (χ4v) is 4.13. The molecule has 1 saturated heterocycles. The Kier molecular flexibility index (Phi) is 5.66. The summed E-state index contributed by atoms with van der Waals surface area (Å²) in [4.78, 5) is 27.4. The molecule has 1 aromatic heterocycles. The summed E-state index contributed by atoms with van der Waals surface area (Å²) < 4.78 is 5.23. The molecule has 0 radical (unpaired) electrons. The first kappa shape index (κ1) is 17.8. The van der Waals surface area contributed by atoms with E-state index in [9.17, 15) is 9.59 Å². The fraction of sp³-hybridized carbons (Fsp3) is 0.400. The monoisotopic (exact) mass is 357 g/mol. The fourth-order valence-electron chi connectivity index (χ4n) is 3.33. The molecule has 4 nitrogen and oxygen atoms in total. The second kappa shape index (κ2) is 7.93. The Morgan fingerprint density at radius 3 is 2.88 bits per heavy atom. The van der Waals surface area contributed by atoms with Gasteiger partial charge >= 0.3 is 0 Å². The number of likely N-dealkylation sites (tertiary alicyclic amines) is 1. The van der Waals surface area contributed by atoms with Gasteiger partial charge in [0.2, 0.25) is 0 Å². The Morgan fingerprint density at radius 1 is 1.32 bits per heavy atom. The van der Waals surface area contributed by atoms with Gasteiger partial charge in [0.25, 0.3) is 0 Å². The summed E-state index contributed by atoms with van der Waals surface area (Å²) in [5.41, 5.74) is 1.88. The third-order valence-corrected chi connectivity index (χ3v) is 5.72. The molecule has 0 spiro atoms. The van der Waals surface area contributed by atoms with Crippen LogP contribution < -0.4 is 4.74 Å². The molecule has 0 aliphatic carbocycles. The number of benzene rings is 1. The molecule has 1 unspecified atom stereocenters. The zero-order valence-corrected chi connectivity index (χ0v) is 15.5. The number of thiophene rings is 1. The number of carbonyl (C=O) groups is 2. The highest BCUT2D eigenvalue weighted by molar-refractivity contribution is 7.12. The molecule has 2 heterocycles. The molecule has 0 saturated carbocycles. The van der Waals surface area contributed by atoms with Crippen LogP contribution in [0.2, 0.25) is 0 Å². The van der Waals surface area contributed by atoms with Crippen molar-refractivity contribution in [2.24, 2.45) is 5.92 Å². The van der Waals surface area contributed by atoms with Gasteiger partial charge in [0, 0.05) is 24.6 Å². The molecule has 1 aromatic carbocycles. The lowest BCUT2D eigenvalue weighted by Crippen LogP contribution is -2.38. The molecule has 1 atom stereocenters. The van der Waals surface area contributed by atoms with Crippen molar-refractivity contribution >= 4 is 22.9 Å². The molecule has 1 aliphatic heterocycles. The minimum absolute atomic E-state index is 0.0202. The molecule has 1 fully saturated rings. The molecular weight excluding hydrogens is 334 g/mol. The van der Waals surface area contributed by atoms with E-state index in [0.717, 1.165) is 48.5 Å². The van der Waals surface area contributed by atoms with Gasteiger partial charge in [-0.25, -0.2) is 0 Å². The summed E-state index contributed by atoms with van der Waals surface area (Å²) in [6, 6.07) is 9.37. The van der Waals surface area contributed by atoms with Crippen molar-refractivity contribution in [3.05, 3.63) is 51.7 Å². The summed E-state index contributed by atoms with van der Waals surface area (Å²) in [5, 5.41) is 2.05. The minimum Gasteiger partial charge on any atom is -0.497 e. The Hall–Kier alpha value is -1.98. The van der Waals surface area contributed by atoms with Crippen LogP contribution in [-0.2, 0) is 6.54 Å². The number of methoxy groups -OCH3 is 1. The molecule has 25 heavy (non-hydrogen) atoms. The summed E-state index contributed by atoms with van der Waals surface area (Å²) in [6.07, 6.45) is 1.94. The molecule has 0 N–H and O–H groups in total. The van der Waals surface area contributed by atoms with Gasteiger partial charge in [0.1, 0.15) is 5.75 Å². The van der Waals surface area contributed by atoms with Gasteiger partial charge in [-0.05, 0) is 55.5 Å². The number of hydrogen-bond acceptors (Lipinski definition) is 5. The standard InChI is InChI=1S/C20H23NO3S/c1-14(22)19-9-15(13-25-19)11-21-8-4-6-17(12-21)20(23)16-5-3-7-18(10-16)24-2/h3,5,7,9-10,13,17H,4,6,8,11-12H2,1-2H3. The van der Waals surface area contributed by atoms with Crippen molar-refractivity contribution in [2.45, 2.75) is 26.3 Å². The van der Waals surface area contributed by atoms with Gasteiger partial charge in [-0.2, -0.15) is 0 Å². The van der Waals surface area contributed by atoms with Crippen molar-refractivity contribution < 1.29 is 14.3 Å². The Bertz CT molecular complexity index is 768. The van der Waals surface area contributed by atoms with Crippen LogP contribution in [0.5, 0.6) is 5.75 Å². The maximum absolute atomic E-state index is 12.8. The van der Waals surface area contributed by atoms with Gasteiger partial charge in [-0.15, -0.1) is 11.3 Å². The van der Waals surface area contributed by atoms with Crippen molar-refractivity contribution in [1.82, 2.24) is 4.90 Å². The van der Waals surface area contributed by atoms with E-state index in [2.05, 4.69) is 4.90 Å². The van der Waals surface area contributed by atoms with E-state index in [4.69, 9.17) is 4.74 Å². The number of ketones is 2. The van der Waals surface area contributed by atoms with Gasteiger partial charge in [0.15, 0.2) is 11.6 Å². The number of carbonyl (C=O) groups excluding carboxylic acids is 2. The van der Waals surface area contributed by atoms with E-state index in [1.807, 2.05) is 35.7 Å². The molecule has 0 bridgehead atoms. The molecule has 3 rings (SSSR count). The molecule has 1 aliphatic rings. The normalized spacial score (nSPS) is 18.1. The highest BCUT2D eigenvalue weighted by Gasteiger charge is 2.27. The van der Waals surface area contributed by atoms with E-state index in [0.29, 0.717) is 5.75 Å². The molecule has 132 valence electrons. The van der Waals surface area contributed by atoms with Gasteiger partial charge in [-0.3, -0.25) is 14.5 Å². The number of rotatable bonds is 6. The number of nitrogens with zero attached hydrogens (tertiary/aromatic N) is 1. The highest BCUT2D eigenvalue weighted by atomic mass is 32.1. The summed E-state index contributed by atoms with van der Waals surface area (Å²) >= 11 is 1.50. The zero-order chi connectivity index (χ0) is 17.8. The van der Waals surface area contributed by atoms with Crippen LogP contribution >= 0.6 is 11.3 Å². The van der Waals surface area contributed by atoms with Crippen molar-refractivity contribution in [3.8, 4) is 5.75 Å². The maximum atomic E-state index is 12.8. The number of ether oxygens (including phenoxy) is 1. The Balaban J connectivity index is 1.65. The molecule has 2 aromatic rings. The topological polar surface area (TPSA) is 46.6 Å². The lowest BCUT2D eigenvalue weighted by atomic mass is 9.90. The molecular formula is C20H23NO3S. The highest BCUT2D eigenvalue weighted by Crippen LogP contribution is 2.25. The summed E-state index contributed by atoms with van der Waals surface area (Å²) in [5.74, 6) is 1.04. The van der Waals surface area contributed by atoms with Crippen molar-refractivity contribution in [3.63, 3.8) is 0 Å². The largest absolute Gasteiger partial charge is 0.497 e. The van der Waals surface area contributed by atoms with E-state index >= 15 is 0 Å². The summed E-state index contributed by atoms with van der Waals surface area (Å²) in [7, 11) is 1.61. The van der Waals surface area contributed by atoms with Crippen LogP contribution in [0.3, 0.4) is 0 Å². The Labute approximate surface area is 152 Å². The first-order valence-electron chi connectivity index (χ1n) is 8.56. The molecule has 5 heteroatoms. The average Bonchev–Trinajstić information content (AvgIpc) is 3.10. The van der Waals surface area contributed by atoms with Crippen LogP contribution in [0.15, 0.2) is 35.7 Å². The van der Waals surface area contributed by atoms with Gasteiger partial charge in [-0.1, -0.05) is 12.1 Å². The predicted octanol–water partition coefficient (Wildman–Crippen LogP) is 4.05. The first-order chi connectivity index (χ1) is 12.1. The van der Waals surface area contributed by atoms with Gasteiger partial charge < -0.3 is 4.74 Å². The minimum atomic E-state index is 0.0202. The van der Waals surface area contributed by atoms with Gasteiger partial charge in [0.05, 0.1) is 12.0 Å². The van der Waals surface area contributed by atoms with Crippen LogP contribution in [-0.4, -0.2) is 36.7 Å². The van der Waals surface area contributed by atoms with E-state index in [1.54, 1.807) is 14.0 Å². The smallest absolute Gasteiger partial charge is 0.169 e. The predicted molar refractivity (Wildman–Crippen MR) is 99.6 cm³/mol. The average molecular weight is 357 g/mol. The van der Waals surface area contributed by atoms with Crippen LogP contribution in [0.4, 0.5) is 0 Å². The lowest BCUT2D eigenvalue weighted by Gasteiger charge is -2.31. The van der Waals surface area contributed by atoms with E-state index < -0.39 is 0 Å². The summed E-state index contributed by atoms with van der Waals surface area (Å²) in [6.45, 7) is 4.15. The van der Waals surface area contributed by atoms with Crippen molar-refractivity contribution in [2.75, 3.05) is 20.2 Å². The lowest BCUT2D eigenvalue weighted by molar-refractivity contribution is 0.0811. The van der Waals surface area contributed by atoms with E-state index in [-0.39, 0.29) is 17.5 Å². The second-order valence-electron chi connectivity index (χ2n) is 6.55. The quantitative estimate of drug-likeness (QED) is 0.732. The number of Topliss-reactive ketones (excluding diaryl/α,β-unsaturated/α-hetero) is 2. The number of piperidine rings is 1. The third kappa shape index (κ3) is 4.35. The van der Waals surface area contributed by atoms with Crippen LogP contribution in [0, 0.1) is 5.92 Å². The maximum Gasteiger partial charge on any atom is 0.169 e. The second-order valence-corrected chi connectivity index (χ2v) is 7.46. The van der Waals surface area contributed by atoms with Crippen molar-refractivity contribution in [1.29, 1.82) is 0 Å². The SMILES string of the molecule is COc1cccc(C(=O)C2CCCN(Cc3csc(C(C)=O)c3)C2)c1. The Morgan fingerprint density at radius 2 is 2.16 bits per heavy atom. The first-order valence-corrected chi connectivity index (χ1v) is 9.43. The van der Waals surface area contributed by atoms with Crippen LogP contribution in [0.1, 0.15) is 45.4 Å². The van der Waals surface area contributed by atoms with E-state index in [1.165, 1.54) is 11.3 Å². The zero-order valence-electron chi connectivity index (χ0n) is 14.7. The molecule has 0 amide bonds. The third-order valence-electron chi connectivity index (χ3n) is 4.64. The van der Waals surface area contributed by atoms with Crippen LogP contribution in [0.25, 0.3) is 0 Å².